The van der Waals surface area contributed by atoms with Gasteiger partial charge in [0, 0.05) is 5.30 Å². The van der Waals surface area contributed by atoms with E-state index in [1.54, 1.807) is 0 Å². The van der Waals surface area contributed by atoms with Crippen LogP contribution in [-0.2, 0) is 9.09 Å². The lowest BCUT2D eigenvalue weighted by molar-refractivity contribution is 0.240. The van der Waals surface area contributed by atoms with Crippen molar-refractivity contribution >= 4 is 12.7 Å². The Morgan fingerprint density at radius 1 is 0.552 bits per heavy atom. The molecule has 0 amide bonds. The summed E-state index contributed by atoms with van der Waals surface area (Å²) in [5.74, 6) is 0. The zero-order valence-corrected chi connectivity index (χ0v) is 16.8. The molecule has 0 radical (unpaired) electrons. The fourth-order valence-electron chi connectivity index (χ4n) is 4.18. The lowest BCUT2D eigenvalue weighted by Gasteiger charge is -2.39. The Morgan fingerprint density at radius 3 is 1.66 bits per heavy atom. The predicted octanol–water partition coefficient (Wildman–Crippen LogP) is 6.50. The molecule has 0 spiro atoms. The standard InChI is InChI=1S/C26H21O2P/c27-29(22-16-8-3-9-17-22)26(21-14-6-2-7-15-21)24-19-11-10-18-23(24)25(28-29)20-12-4-1-5-13-20/h1-19,25-26H/t25-,26+,29+/m0/s1. The van der Waals surface area contributed by atoms with E-state index in [0.717, 1.165) is 27.6 Å². The summed E-state index contributed by atoms with van der Waals surface area (Å²) >= 11 is 0. The Balaban J connectivity index is 1.78. The molecule has 3 atom stereocenters. The molecule has 0 aromatic heterocycles. The van der Waals surface area contributed by atoms with Crippen LogP contribution in [-0.4, -0.2) is 0 Å². The van der Waals surface area contributed by atoms with E-state index in [1.165, 1.54) is 0 Å². The van der Waals surface area contributed by atoms with Crippen molar-refractivity contribution < 1.29 is 9.09 Å². The van der Waals surface area contributed by atoms with Gasteiger partial charge in [0.05, 0.1) is 5.66 Å². The summed E-state index contributed by atoms with van der Waals surface area (Å²) in [4.78, 5) is 0. The van der Waals surface area contributed by atoms with Crippen molar-refractivity contribution in [2.45, 2.75) is 11.8 Å². The summed E-state index contributed by atoms with van der Waals surface area (Å²) in [6, 6.07) is 38.0. The van der Waals surface area contributed by atoms with Crippen LogP contribution in [0.1, 0.15) is 34.0 Å². The Kier molecular flexibility index (Phi) is 4.67. The second kappa shape index (κ2) is 7.48. The fraction of sp³-hybridized carbons (Fsp3) is 0.0769. The minimum atomic E-state index is -3.25. The Morgan fingerprint density at radius 2 is 1.03 bits per heavy atom. The van der Waals surface area contributed by atoms with Crippen LogP contribution in [0.25, 0.3) is 0 Å². The van der Waals surface area contributed by atoms with Gasteiger partial charge < -0.3 is 4.52 Å². The van der Waals surface area contributed by atoms with E-state index in [2.05, 4.69) is 12.1 Å². The molecule has 0 N–H and O–H groups in total. The minimum absolute atomic E-state index is 0.331. The van der Waals surface area contributed by atoms with Crippen molar-refractivity contribution in [2.24, 2.45) is 0 Å². The van der Waals surface area contributed by atoms with Gasteiger partial charge in [-0.2, -0.15) is 0 Å². The van der Waals surface area contributed by atoms with Crippen LogP contribution in [0.2, 0.25) is 0 Å². The molecule has 0 aliphatic carbocycles. The van der Waals surface area contributed by atoms with E-state index in [-0.39, 0.29) is 11.8 Å². The number of rotatable bonds is 3. The van der Waals surface area contributed by atoms with Crippen molar-refractivity contribution in [3.63, 3.8) is 0 Å². The van der Waals surface area contributed by atoms with Gasteiger partial charge in [-0.3, -0.25) is 4.57 Å². The maximum Gasteiger partial charge on any atom is 0.244 e. The maximum absolute atomic E-state index is 14.7. The molecule has 5 rings (SSSR count). The molecule has 0 unspecified atom stereocenters. The normalized spacial score (nSPS) is 23.3. The van der Waals surface area contributed by atoms with Crippen molar-refractivity contribution in [1.29, 1.82) is 0 Å². The van der Waals surface area contributed by atoms with Gasteiger partial charge in [-0.25, -0.2) is 0 Å². The second-order valence-corrected chi connectivity index (χ2v) is 9.71. The highest BCUT2D eigenvalue weighted by molar-refractivity contribution is 7.67. The minimum Gasteiger partial charge on any atom is -0.312 e. The van der Waals surface area contributed by atoms with Gasteiger partial charge in [-0.05, 0) is 34.4 Å². The third-order valence-electron chi connectivity index (χ3n) is 5.51. The number of benzene rings is 4. The average molecular weight is 396 g/mol. The molecule has 3 heteroatoms. The molecule has 142 valence electrons. The van der Waals surface area contributed by atoms with Gasteiger partial charge in [0.25, 0.3) is 0 Å². The lowest BCUT2D eigenvalue weighted by atomic mass is 9.92. The molecule has 4 aromatic carbocycles. The molecule has 1 aliphatic heterocycles. The van der Waals surface area contributed by atoms with Crippen LogP contribution in [0.4, 0.5) is 0 Å². The summed E-state index contributed by atoms with van der Waals surface area (Å²) in [6.45, 7) is 0. The summed E-state index contributed by atoms with van der Waals surface area (Å²) < 4.78 is 21.3. The van der Waals surface area contributed by atoms with E-state index in [0.29, 0.717) is 0 Å². The Labute approximate surface area is 171 Å². The summed E-state index contributed by atoms with van der Waals surface area (Å²) in [5.41, 5.74) is 3.85. The summed E-state index contributed by atoms with van der Waals surface area (Å²) in [5, 5.41) is 0.754. The average Bonchev–Trinajstić information content (AvgIpc) is 2.80. The molecule has 0 fully saturated rings. The van der Waals surface area contributed by atoms with E-state index in [4.69, 9.17) is 4.52 Å². The zero-order chi connectivity index (χ0) is 19.7. The number of hydrogen-bond acceptors (Lipinski definition) is 2. The molecule has 4 aromatic rings. The van der Waals surface area contributed by atoms with E-state index in [1.807, 2.05) is 103 Å². The third-order valence-corrected chi connectivity index (χ3v) is 8.31. The first-order valence-electron chi connectivity index (χ1n) is 9.80. The molecule has 0 saturated heterocycles. The molecule has 1 heterocycles. The van der Waals surface area contributed by atoms with Gasteiger partial charge in [0.1, 0.15) is 6.10 Å². The van der Waals surface area contributed by atoms with Crippen LogP contribution in [0.15, 0.2) is 115 Å². The van der Waals surface area contributed by atoms with Gasteiger partial charge in [-0.15, -0.1) is 0 Å². The van der Waals surface area contributed by atoms with Crippen molar-refractivity contribution in [3.05, 3.63) is 138 Å². The molecule has 29 heavy (non-hydrogen) atoms. The van der Waals surface area contributed by atoms with Crippen LogP contribution < -0.4 is 5.30 Å². The van der Waals surface area contributed by atoms with E-state index in [9.17, 15) is 4.57 Å². The molecular weight excluding hydrogens is 375 g/mol. The topological polar surface area (TPSA) is 26.3 Å². The highest BCUT2D eigenvalue weighted by atomic mass is 31.2. The third kappa shape index (κ3) is 3.15. The highest BCUT2D eigenvalue weighted by Crippen LogP contribution is 2.68. The summed E-state index contributed by atoms with van der Waals surface area (Å²) in [7, 11) is -3.25. The second-order valence-electron chi connectivity index (χ2n) is 7.27. The van der Waals surface area contributed by atoms with Gasteiger partial charge in [0.15, 0.2) is 0 Å². The van der Waals surface area contributed by atoms with Crippen molar-refractivity contribution in [3.8, 4) is 0 Å². The van der Waals surface area contributed by atoms with Crippen molar-refractivity contribution in [2.75, 3.05) is 0 Å². The first kappa shape index (κ1) is 18.1. The first-order valence-corrected chi connectivity index (χ1v) is 11.5. The van der Waals surface area contributed by atoms with Crippen molar-refractivity contribution in [1.82, 2.24) is 0 Å². The Hall–Kier alpha value is -2.93. The fourth-order valence-corrected chi connectivity index (χ4v) is 7.02. The first-order chi connectivity index (χ1) is 14.3. The van der Waals surface area contributed by atoms with Gasteiger partial charge >= 0.3 is 0 Å². The maximum atomic E-state index is 14.7. The highest BCUT2D eigenvalue weighted by Gasteiger charge is 2.46. The molecule has 0 saturated carbocycles. The predicted molar refractivity (Wildman–Crippen MR) is 118 cm³/mol. The lowest BCUT2D eigenvalue weighted by Crippen LogP contribution is -2.24. The van der Waals surface area contributed by atoms with Crippen LogP contribution >= 0.6 is 7.37 Å². The molecule has 0 bridgehead atoms. The Bertz CT molecular complexity index is 1160. The zero-order valence-electron chi connectivity index (χ0n) is 15.9. The number of hydrogen-bond donors (Lipinski definition) is 0. The van der Waals surface area contributed by atoms with E-state index >= 15 is 0 Å². The largest absolute Gasteiger partial charge is 0.312 e. The SMILES string of the molecule is O=[P@]1(c2ccccc2)O[C@@H](c2ccccc2)c2ccccc2[C@H]1c1ccccc1. The van der Waals surface area contributed by atoms with Gasteiger partial charge in [0.2, 0.25) is 7.37 Å². The molecule has 2 nitrogen and oxygen atoms in total. The quantitative estimate of drug-likeness (QED) is 0.370. The summed E-state index contributed by atoms with van der Waals surface area (Å²) in [6.07, 6.45) is -0.363. The van der Waals surface area contributed by atoms with Crippen LogP contribution in [0.3, 0.4) is 0 Å². The van der Waals surface area contributed by atoms with Crippen LogP contribution in [0.5, 0.6) is 0 Å². The molecule has 1 aliphatic rings. The molecular formula is C26H21O2P. The number of fused-ring (bicyclic) bond motifs is 1. The van der Waals surface area contributed by atoms with E-state index < -0.39 is 7.37 Å². The monoisotopic (exact) mass is 396 g/mol. The smallest absolute Gasteiger partial charge is 0.244 e. The van der Waals surface area contributed by atoms with Crippen LogP contribution in [0, 0.1) is 0 Å². The van der Waals surface area contributed by atoms with Gasteiger partial charge in [-0.1, -0.05) is 103 Å².